The fourth-order valence-corrected chi connectivity index (χ4v) is 3.25. The number of aliphatic hydroxyl groups is 2. The summed E-state index contributed by atoms with van der Waals surface area (Å²) in [5, 5.41) is 29.5. The molecule has 26 heavy (non-hydrogen) atoms. The van der Waals surface area contributed by atoms with Crippen LogP contribution in [-0.2, 0) is 18.9 Å². The molecule has 0 spiro atoms. The highest BCUT2D eigenvalue weighted by atomic mass is 16.9. The molecular formula is C18H21NO7. The minimum atomic E-state index is -1.69. The third-order valence-electron chi connectivity index (χ3n) is 4.38. The number of rotatable bonds is 4. The number of aliphatic hydroxyl groups excluding tert-OH is 2. The van der Waals surface area contributed by atoms with Gasteiger partial charge in [-0.05, 0) is 26.0 Å². The molecule has 5 atom stereocenters. The molecule has 1 aromatic rings. The van der Waals surface area contributed by atoms with Crippen LogP contribution in [0.1, 0.15) is 30.6 Å². The van der Waals surface area contributed by atoms with Crippen molar-refractivity contribution in [1.82, 2.24) is 0 Å². The zero-order valence-electron chi connectivity index (χ0n) is 14.5. The van der Waals surface area contributed by atoms with Gasteiger partial charge in [0.1, 0.15) is 18.3 Å². The summed E-state index contributed by atoms with van der Waals surface area (Å²) in [5.74, 6) is -3.51. The highest BCUT2D eigenvalue weighted by Crippen LogP contribution is 2.46. The van der Waals surface area contributed by atoms with Gasteiger partial charge in [0, 0.05) is 0 Å². The molecule has 0 saturated carbocycles. The van der Waals surface area contributed by atoms with E-state index in [0.29, 0.717) is 5.56 Å². The topological polar surface area (TPSA) is 118 Å². The van der Waals surface area contributed by atoms with Crippen LogP contribution in [0.25, 0.3) is 0 Å². The maximum absolute atomic E-state index is 12.5. The lowest BCUT2D eigenvalue weighted by atomic mass is 9.91. The fraction of sp³-hybridized carbons (Fsp3) is 0.556. The molecule has 2 heterocycles. The zero-order chi connectivity index (χ0) is 18.9. The summed E-state index contributed by atoms with van der Waals surface area (Å²) in [6.07, 6.45) is -5.02. The quantitative estimate of drug-likeness (QED) is 0.752. The molecular weight excluding hydrogens is 342 g/mol. The second kappa shape index (κ2) is 6.95. The molecule has 140 valence electrons. The second-order valence-corrected chi connectivity index (χ2v) is 6.75. The molecule has 2 saturated heterocycles. The molecule has 0 aliphatic carbocycles. The van der Waals surface area contributed by atoms with Gasteiger partial charge in [-0.15, -0.1) is 0 Å². The highest BCUT2D eigenvalue weighted by Gasteiger charge is 2.65. The molecule has 8 nitrogen and oxygen atoms in total. The predicted octanol–water partition coefficient (Wildman–Crippen LogP) is 0.725. The lowest BCUT2D eigenvalue weighted by molar-refractivity contribution is -0.324. The first-order valence-corrected chi connectivity index (χ1v) is 8.30. The Morgan fingerprint density at radius 3 is 2.73 bits per heavy atom. The van der Waals surface area contributed by atoms with E-state index in [4.69, 9.17) is 18.9 Å². The summed E-state index contributed by atoms with van der Waals surface area (Å²) in [6.45, 7) is 2.97. The monoisotopic (exact) mass is 363 g/mol. The number of hydrogen-bond donors (Lipinski definition) is 2. The van der Waals surface area contributed by atoms with Crippen LogP contribution in [0.2, 0.25) is 0 Å². The van der Waals surface area contributed by atoms with Crippen LogP contribution >= 0.6 is 0 Å². The lowest BCUT2D eigenvalue weighted by Crippen LogP contribution is -2.65. The normalized spacial score (nSPS) is 33.7. The number of carbonyl (C=O) groups is 1. The van der Waals surface area contributed by atoms with E-state index in [1.807, 2.05) is 6.07 Å². The van der Waals surface area contributed by atoms with E-state index >= 15 is 0 Å². The maximum atomic E-state index is 12.5. The maximum Gasteiger partial charge on any atom is 0.338 e. The number of hydrogen-bond acceptors (Lipinski definition) is 8. The van der Waals surface area contributed by atoms with E-state index in [0.717, 1.165) is 0 Å². The van der Waals surface area contributed by atoms with Crippen molar-refractivity contribution in [1.29, 1.82) is 5.26 Å². The minimum Gasteiger partial charge on any atom is -0.452 e. The van der Waals surface area contributed by atoms with E-state index < -0.39 is 42.0 Å². The fourth-order valence-electron chi connectivity index (χ4n) is 3.25. The molecule has 0 bridgehead atoms. The smallest absolute Gasteiger partial charge is 0.338 e. The first kappa shape index (κ1) is 18.8. The number of esters is 1. The van der Waals surface area contributed by atoms with E-state index in [-0.39, 0.29) is 13.0 Å². The van der Waals surface area contributed by atoms with Gasteiger partial charge in [0.25, 0.3) is 0 Å². The highest BCUT2D eigenvalue weighted by molar-refractivity contribution is 5.89. The Bertz CT molecular complexity index is 701. The summed E-state index contributed by atoms with van der Waals surface area (Å²) >= 11 is 0. The summed E-state index contributed by atoms with van der Waals surface area (Å²) in [4.78, 5) is 12.5. The number of ether oxygens (including phenoxy) is 4. The molecule has 2 fully saturated rings. The third kappa shape index (κ3) is 3.32. The van der Waals surface area contributed by atoms with Crippen molar-refractivity contribution in [2.75, 3.05) is 6.61 Å². The molecule has 2 N–H and O–H groups in total. The summed E-state index contributed by atoms with van der Waals surface area (Å²) in [5.41, 5.74) is 0.304. The molecule has 3 rings (SSSR count). The first-order chi connectivity index (χ1) is 12.3. The number of nitriles is 1. The van der Waals surface area contributed by atoms with Crippen LogP contribution in [-0.4, -0.2) is 58.8 Å². The van der Waals surface area contributed by atoms with Gasteiger partial charge in [-0.2, -0.15) is 5.26 Å². The standard InChI is InChI=1S/C18H21NO7/c1-17(2)25-15-14(21)12(20)10-23-18(15,26-17)13(8-9-19)24-16(22)11-6-4-3-5-7-11/h3-7,12-15,20-21H,8,10H2,1-2H3/t12-,13-,14-,15+,18+/m1/s1. The van der Waals surface area contributed by atoms with Crippen LogP contribution in [0.4, 0.5) is 0 Å². The first-order valence-electron chi connectivity index (χ1n) is 8.30. The summed E-state index contributed by atoms with van der Waals surface area (Å²) in [7, 11) is 0. The number of fused-ring (bicyclic) bond motifs is 1. The zero-order valence-corrected chi connectivity index (χ0v) is 14.5. The van der Waals surface area contributed by atoms with E-state index in [1.54, 1.807) is 44.2 Å². The Labute approximate surface area is 150 Å². The molecule has 0 radical (unpaired) electrons. The van der Waals surface area contributed by atoms with Crippen LogP contribution < -0.4 is 0 Å². The Balaban J connectivity index is 1.92. The Kier molecular flexibility index (Phi) is 5.01. The molecule has 0 aromatic heterocycles. The van der Waals surface area contributed by atoms with Gasteiger partial charge in [-0.1, -0.05) is 18.2 Å². The van der Waals surface area contributed by atoms with Gasteiger partial charge >= 0.3 is 5.97 Å². The van der Waals surface area contributed by atoms with Gasteiger partial charge < -0.3 is 29.2 Å². The van der Waals surface area contributed by atoms with Gasteiger partial charge in [-0.25, -0.2) is 4.79 Å². The minimum absolute atomic E-state index is 0.239. The molecule has 2 aliphatic rings. The Hall–Kier alpha value is -2.02. The molecule has 1 aromatic carbocycles. The van der Waals surface area contributed by atoms with Gasteiger partial charge in [0.05, 0.1) is 24.7 Å². The van der Waals surface area contributed by atoms with Crippen molar-refractivity contribution < 1.29 is 34.0 Å². The van der Waals surface area contributed by atoms with Crippen LogP contribution in [0.3, 0.4) is 0 Å². The van der Waals surface area contributed by atoms with Crippen molar-refractivity contribution in [3.05, 3.63) is 35.9 Å². The number of carbonyl (C=O) groups excluding carboxylic acids is 1. The van der Waals surface area contributed by atoms with Crippen LogP contribution in [0.5, 0.6) is 0 Å². The summed E-state index contributed by atoms with van der Waals surface area (Å²) < 4.78 is 22.7. The predicted molar refractivity (Wildman–Crippen MR) is 86.6 cm³/mol. The molecule has 2 aliphatic heterocycles. The molecule has 0 unspecified atom stereocenters. The van der Waals surface area contributed by atoms with Crippen molar-refractivity contribution in [2.45, 2.75) is 56.3 Å². The summed E-state index contributed by atoms with van der Waals surface area (Å²) in [6, 6.07) is 10.2. The number of nitrogens with zero attached hydrogens (tertiary/aromatic N) is 1. The van der Waals surface area contributed by atoms with Crippen LogP contribution in [0, 0.1) is 11.3 Å². The van der Waals surface area contributed by atoms with Crippen molar-refractivity contribution in [3.63, 3.8) is 0 Å². The average molecular weight is 363 g/mol. The van der Waals surface area contributed by atoms with E-state index in [9.17, 15) is 20.3 Å². The third-order valence-corrected chi connectivity index (χ3v) is 4.38. The lowest BCUT2D eigenvalue weighted by Gasteiger charge is -2.44. The average Bonchev–Trinajstić information content (AvgIpc) is 2.91. The van der Waals surface area contributed by atoms with E-state index in [1.165, 1.54) is 0 Å². The van der Waals surface area contributed by atoms with Crippen LogP contribution in [0.15, 0.2) is 30.3 Å². The molecule has 8 heteroatoms. The molecule has 0 amide bonds. The SMILES string of the molecule is CC1(C)O[C@H]2[C@H](O)[C@H](O)CO[C@@]2([C@@H](CC#N)OC(=O)c2ccccc2)O1. The van der Waals surface area contributed by atoms with Crippen molar-refractivity contribution >= 4 is 5.97 Å². The second-order valence-electron chi connectivity index (χ2n) is 6.75. The van der Waals surface area contributed by atoms with Crippen molar-refractivity contribution in [2.24, 2.45) is 0 Å². The van der Waals surface area contributed by atoms with Crippen molar-refractivity contribution in [3.8, 4) is 6.07 Å². The number of benzene rings is 1. The largest absolute Gasteiger partial charge is 0.452 e. The van der Waals surface area contributed by atoms with Gasteiger partial charge in [0.2, 0.25) is 5.79 Å². The van der Waals surface area contributed by atoms with E-state index in [2.05, 4.69) is 0 Å². The van der Waals surface area contributed by atoms with Gasteiger partial charge in [0.15, 0.2) is 11.9 Å². The Morgan fingerprint density at radius 1 is 1.38 bits per heavy atom. The van der Waals surface area contributed by atoms with Gasteiger partial charge in [-0.3, -0.25) is 0 Å². The Morgan fingerprint density at radius 2 is 2.08 bits per heavy atom.